The van der Waals surface area contributed by atoms with E-state index in [9.17, 15) is 17.6 Å². The van der Waals surface area contributed by atoms with Crippen LogP contribution in [0.25, 0.3) is 0 Å². The van der Waals surface area contributed by atoms with E-state index in [1.807, 2.05) is 0 Å². The molecule has 1 atom stereocenters. The summed E-state index contributed by atoms with van der Waals surface area (Å²) in [4.78, 5) is 0. The van der Waals surface area contributed by atoms with E-state index in [0.717, 1.165) is 12.1 Å². The highest BCUT2D eigenvalue weighted by molar-refractivity contribution is 6.19. The summed E-state index contributed by atoms with van der Waals surface area (Å²) in [6.45, 7) is -0.580. The van der Waals surface area contributed by atoms with Crippen molar-refractivity contribution in [3.63, 3.8) is 0 Å². The second kappa shape index (κ2) is 6.32. The number of hydrogen-bond donors (Lipinski definition) is 1. The van der Waals surface area contributed by atoms with Crippen molar-refractivity contribution in [3.05, 3.63) is 64.7 Å². The van der Waals surface area contributed by atoms with E-state index in [4.69, 9.17) is 21.4 Å². The maximum absolute atomic E-state index is 13.5. The van der Waals surface area contributed by atoms with Crippen molar-refractivity contribution in [2.45, 2.75) is 12.2 Å². The number of halogens is 5. The smallest absolute Gasteiger partial charge is 0.159 e. The molecule has 0 spiro atoms. The molecule has 0 fully saturated rings. The predicted molar refractivity (Wildman–Crippen MR) is 67.8 cm³/mol. The Labute approximate surface area is 122 Å². The monoisotopic (exact) mass is 320 g/mol. The van der Waals surface area contributed by atoms with Crippen LogP contribution in [0.15, 0.2) is 30.3 Å². The molecule has 0 aliphatic carbocycles. The highest BCUT2D eigenvalue weighted by Gasteiger charge is 2.17. The molecule has 0 radical (unpaired) electrons. The van der Waals surface area contributed by atoms with Gasteiger partial charge in [-0.25, -0.2) is 17.6 Å². The number of ether oxygens (including phenoxy) is 1. The van der Waals surface area contributed by atoms with Crippen molar-refractivity contribution in [1.82, 2.24) is 0 Å². The summed E-state index contributed by atoms with van der Waals surface area (Å²) in [6, 6.07) is 4.10. The van der Waals surface area contributed by atoms with Crippen LogP contribution in [-0.4, -0.2) is 5.11 Å². The van der Waals surface area contributed by atoms with Crippen LogP contribution in [0.5, 0.6) is 5.75 Å². The molecule has 0 aliphatic heterocycles. The van der Waals surface area contributed by atoms with Gasteiger partial charge >= 0.3 is 0 Å². The van der Waals surface area contributed by atoms with Gasteiger partial charge in [-0.3, -0.25) is 0 Å². The first-order chi connectivity index (χ1) is 9.88. The van der Waals surface area contributed by atoms with Gasteiger partial charge in [-0.15, -0.1) is 0 Å². The van der Waals surface area contributed by atoms with Crippen LogP contribution < -0.4 is 0 Å². The number of benzene rings is 2. The molecule has 2 aromatic carbocycles. The van der Waals surface area contributed by atoms with E-state index >= 15 is 0 Å². The number of aromatic hydroxyl groups is 1. The Hall–Kier alpha value is -1.79. The maximum atomic E-state index is 13.5. The number of hydrogen-bond acceptors (Lipinski definition) is 2. The molecule has 2 aromatic rings. The van der Waals surface area contributed by atoms with Crippen LogP contribution in [0.1, 0.15) is 16.7 Å². The van der Waals surface area contributed by atoms with Gasteiger partial charge in [0.1, 0.15) is 29.0 Å². The Morgan fingerprint density at radius 2 is 1.62 bits per heavy atom. The van der Waals surface area contributed by atoms with Crippen molar-refractivity contribution < 1.29 is 27.4 Å². The fraction of sp³-hybridized carbons (Fsp3) is 0.143. The SMILES string of the molecule is Oc1cc(F)c(COC(Cl)c2ccc(F)cc2F)c(F)c1. The third-order valence-corrected chi connectivity index (χ3v) is 3.07. The van der Waals surface area contributed by atoms with Crippen LogP contribution in [0, 0.1) is 23.3 Å². The van der Waals surface area contributed by atoms with Gasteiger partial charge in [0, 0.05) is 29.3 Å². The van der Waals surface area contributed by atoms with E-state index in [0.29, 0.717) is 18.2 Å². The molecule has 0 aliphatic rings. The van der Waals surface area contributed by atoms with Gasteiger partial charge in [0.15, 0.2) is 5.56 Å². The van der Waals surface area contributed by atoms with E-state index in [1.165, 1.54) is 0 Å². The fourth-order valence-electron chi connectivity index (χ4n) is 1.66. The minimum Gasteiger partial charge on any atom is -0.508 e. The van der Waals surface area contributed by atoms with Gasteiger partial charge in [-0.2, -0.15) is 0 Å². The summed E-state index contributed by atoms with van der Waals surface area (Å²) in [7, 11) is 0. The Kier molecular flexibility index (Phi) is 4.69. The molecule has 1 unspecified atom stereocenters. The van der Waals surface area contributed by atoms with Gasteiger partial charge in [0.2, 0.25) is 0 Å². The highest BCUT2D eigenvalue weighted by atomic mass is 35.5. The number of phenolic OH excluding ortho intramolecular Hbond substituents is 1. The molecule has 7 heteroatoms. The van der Waals surface area contributed by atoms with Crippen LogP contribution in [0.4, 0.5) is 17.6 Å². The lowest BCUT2D eigenvalue weighted by Gasteiger charge is -2.13. The largest absolute Gasteiger partial charge is 0.508 e. The van der Waals surface area contributed by atoms with E-state index in [2.05, 4.69) is 0 Å². The summed E-state index contributed by atoms with van der Waals surface area (Å²) in [5.74, 6) is -4.31. The number of alkyl halides is 1. The lowest BCUT2D eigenvalue weighted by atomic mass is 10.2. The van der Waals surface area contributed by atoms with Gasteiger partial charge in [0.05, 0.1) is 6.61 Å². The van der Waals surface area contributed by atoms with E-state index in [-0.39, 0.29) is 5.56 Å². The minimum atomic E-state index is -1.35. The lowest BCUT2D eigenvalue weighted by Crippen LogP contribution is -2.04. The molecular formula is C14H9ClF4O2. The molecule has 0 saturated carbocycles. The summed E-state index contributed by atoms with van der Waals surface area (Å²) in [5, 5.41) is 9.00. The zero-order chi connectivity index (χ0) is 15.6. The van der Waals surface area contributed by atoms with Crippen LogP contribution in [0.2, 0.25) is 0 Å². The first kappa shape index (κ1) is 15.6. The van der Waals surface area contributed by atoms with E-state index in [1.54, 1.807) is 0 Å². The Bertz CT molecular complexity index is 640. The molecule has 2 rings (SSSR count). The third kappa shape index (κ3) is 3.65. The lowest BCUT2D eigenvalue weighted by molar-refractivity contribution is 0.0875. The summed E-state index contributed by atoms with van der Waals surface area (Å²) in [5.41, 5.74) is -1.96. The maximum Gasteiger partial charge on any atom is 0.159 e. The molecule has 2 nitrogen and oxygen atoms in total. The normalized spacial score (nSPS) is 12.4. The summed E-state index contributed by atoms with van der Waals surface area (Å²) < 4.78 is 58.1. The summed E-state index contributed by atoms with van der Waals surface area (Å²) >= 11 is 5.77. The average Bonchev–Trinajstić information content (AvgIpc) is 2.36. The quantitative estimate of drug-likeness (QED) is 0.668. The predicted octanol–water partition coefficient (Wildman–Crippen LogP) is 4.40. The first-order valence-electron chi connectivity index (χ1n) is 5.76. The van der Waals surface area contributed by atoms with Crippen molar-refractivity contribution in [1.29, 1.82) is 0 Å². The molecule has 0 amide bonds. The molecule has 1 N–H and O–H groups in total. The second-order valence-electron chi connectivity index (χ2n) is 4.18. The Morgan fingerprint density at radius 1 is 1.00 bits per heavy atom. The molecule has 0 saturated heterocycles. The van der Waals surface area contributed by atoms with Crippen LogP contribution >= 0.6 is 11.6 Å². The number of rotatable bonds is 4. The van der Waals surface area contributed by atoms with Crippen molar-refractivity contribution in [2.24, 2.45) is 0 Å². The minimum absolute atomic E-state index is 0.155. The number of phenols is 1. The standard InChI is InChI=1S/C14H9ClF4O2/c15-14(9-2-1-7(16)3-11(9)17)21-6-10-12(18)4-8(20)5-13(10)19/h1-5,14,20H,6H2. The third-order valence-electron chi connectivity index (χ3n) is 2.71. The van der Waals surface area contributed by atoms with Crippen LogP contribution in [-0.2, 0) is 11.3 Å². The van der Waals surface area contributed by atoms with Crippen molar-refractivity contribution in [3.8, 4) is 5.75 Å². The Morgan fingerprint density at radius 3 is 2.19 bits per heavy atom. The molecule has 0 bridgehead atoms. The Balaban J connectivity index is 2.13. The molecular weight excluding hydrogens is 312 g/mol. The topological polar surface area (TPSA) is 29.5 Å². The van der Waals surface area contributed by atoms with Gasteiger partial charge in [-0.1, -0.05) is 11.6 Å². The van der Waals surface area contributed by atoms with Gasteiger partial charge in [0.25, 0.3) is 0 Å². The van der Waals surface area contributed by atoms with Gasteiger partial charge < -0.3 is 9.84 Å². The molecule has 112 valence electrons. The fourth-order valence-corrected chi connectivity index (χ4v) is 1.90. The van der Waals surface area contributed by atoms with E-state index < -0.39 is 46.8 Å². The zero-order valence-electron chi connectivity index (χ0n) is 10.4. The van der Waals surface area contributed by atoms with Crippen molar-refractivity contribution >= 4 is 11.6 Å². The average molecular weight is 321 g/mol. The zero-order valence-corrected chi connectivity index (χ0v) is 11.2. The van der Waals surface area contributed by atoms with Crippen molar-refractivity contribution in [2.75, 3.05) is 0 Å². The highest BCUT2D eigenvalue weighted by Crippen LogP contribution is 2.28. The molecule has 21 heavy (non-hydrogen) atoms. The first-order valence-corrected chi connectivity index (χ1v) is 6.19. The van der Waals surface area contributed by atoms with Crippen LogP contribution in [0.3, 0.4) is 0 Å². The van der Waals surface area contributed by atoms with Gasteiger partial charge in [-0.05, 0) is 12.1 Å². The summed E-state index contributed by atoms with van der Waals surface area (Å²) in [6.07, 6.45) is 0. The second-order valence-corrected chi connectivity index (χ2v) is 4.58. The molecule has 0 aromatic heterocycles. The molecule has 0 heterocycles.